The molecule has 0 bridgehead atoms. The summed E-state index contributed by atoms with van der Waals surface area (Å²) >= 11 is 0. The number of rotatable bonds is 5. The molecular formula is C24H23FN4O3. The number of anilines is 1. The van der Waals surface area contributed by atoms with Crippen molar-refractivity contribution in [3.05, 3.63) is 59.5 Å². The zero-order chi connectivity index (χ0) is 22.7. The highest BCUT2D eigenvalue weighted by molar-refractivity contribution is 5.98. The van der Waals surface area contributed by atoms with Crippen LogP contribution in [0.15, 0.2) is 42.6 Å². The summed E-state index contributed by atoms with van der Waals surface area (Å²) in [5.41, 5.74) is 8.32. The largest absolute Gasteiger partial charge is 0.479 e. The van der Waals surface area contributed by atoms with Crippen molar-refractivity contribution in [2.45, 2.75) is 18.8 Å². The van der Waals surface area contributed by atoms with Gasteiger partial charge in [-0.25, -0.2) is 9.18 Å². The molecule has 1 fully saturated rings. The predicted octanol–water partition coefficient (Wildman–Crippen LogP) is 3.83. The molecule has 164 valence electrons. The third kappa shape index (κ3) is 4.37. The Morgan fingerprint density at radius 1 is 1.25 bits per heavy atom. The van der Waals surface area contributed by atoms with E-state index in [0.717, 1.165) is 29.3 Å². The topological polar surface area (TPSA) is 100 Å². The summed E-state index contributed by atoms with van der Waals surface area (Å²) in [6.07, 6.45) is 8.70. The third-order valence-corrected chi connectivity index (χ3v) is 5.72. The number of carbonyl (C=O) groups is 2. The summed E-state index contributed by atoms with van der Waals surface area (Å²) in [7, 11) is 0. The number of primary amides is 1. The molecule has 1 aliphatic rings. The minimum Gasteiger partial charge on any atom is -0.479 e. The van der Waals surface area contributed by atoms with Crippen LogP contribution in [0.1, 0.15) is 34.7 Å². The van der Waals surface area contributed by atoms with Crippen LogP contribution in [0.2, 0.25) is 0 Å². The van der Waals surface area contributed by atoms with E-state index >= 15 is 0 Å². The number of benzene rings is 2. The quantitative estimate of drug-likeness (QED) is 0.532. The van der Waals surface area contributed by atoms with Gasteiger partial charge in [0.25, 0.3) is 0 Å². The Morgan fingerprint density at radius 3 is 2.75 bits per heavy atom. The van der Waals surface area contributed by atoms with E-state index in [1.807, 2.05) is 18.3 Å². The molecule has 0 unspecified atom stereocenters. The van der Waals surface area contributed by atoms with Crippen LogP contribution in [0.3, 0.4) is 0 Å². The van der Waals surface area contributed by atoms with Gasteiger partial charge in [-0.2, -0.15) is 0 Å². The zero-order valence-corrected chi connectivity index (χ0v) is 17.4. The number of hydrogen-bond acceptors (Lipinski definition) is 3. The molecule has 4 rings (SSSR count). The van der Waals surface area contributed by atoms with Crippen molar-refractivity contribution in [1.82, 2.24) is 9.88 Å². The molecular weight excluding hydrogens is 411 g/mol. The molecule has 2 heterocycles. The summed E-state index contributed by atoms with van der Waals surface area (Å²) in [4.78, 5) is 29.3. The number of halogens is 1. The van der Waals surface area contributed by atoms with Gasteiger partial charge >= 0.3 is 6.03 Å². The standard InChI is InChI=1S/C24H23FN4O3/c1-2-11-32-22-13-17(25)4-6-21(22)28-24(31)29-9-7-15(8-10-29)19-14-27-20-5-3-16(23(26)30)12-18(19)20/h1,3-6,12-15,27H,7-11H2,(H2,26,30)(H,28,31). The molecule has 8 heteroatoms. The summed E-state index contributed by atoms with van der Waals surface area (Å²) in [6.45, 7) is 1.08. The average molecular weight is 434 g/mol. The summed E-state index contributed by atoms with van der Waals surface area (Å²) in [5, 5.41) is 3.76. The van der Waals surface area contributed by atoms with Gasteiger partial charge in [-0.05, 0) is 54.7 Å². The molecule has 0 atom stereocenters. The Kier molecular flexibility index (Phi) is 5.99. The van der Waals surface area contributed by atoms with Crippen LogP contribution in [-0.2, 0) is 0 Å². The predicted molar refractivity (Wildman–Crippen MR) is 120 cm³/mol. The fourth-order valence-corrected chi connectivity index (χ4v) is 4.06. The number of nitrogens with one attached hydrogen (secondary N) is 2. The highest BCUT2D eigenvalue weighted by Gasteiger charge is 2.26. The molecule has 1 aromatic heterocycles. The Morgan fingerprint density at radius 2 is 2.03 bits per heavy atom. The average Bonchev–Trinajstić information content (AvgIpc) is 3.22. The maximum Gasteiger partial charge on any atom is 0.321 e. The number of aromatic amines is 1. The van der Waals surface area contributed by atoms with Crippen molar-refractivity contribution in [3.63, 3.8) is 0 Å². The first-order valence-corrected chi connectivity index (χ1v) is 10.3. The second-order valence-corrected chi connectivity index (χ2v) is 7.69. The van der Waals surface area contributed by atoms with Crippen LogP contribution in [0.5, 0.6) is 5.75 Å². The van der Waals surface area contributed by atoms with Gasteiger partial charge in [-0.3, -0.25) is 4.79 Å². The van der Waals surface area contributed by atoms with E-state index in [1.54, 1.807) is 11.0 Å². The van der Waals surface area contributed by atoms with Gasteiger partial charge in [0.1, 0.15) is 18.2 Å². The fraction of sp³-hybridized carbons (Fsp3) is 0.250. The number of terminal acetylenes is 1. The molecule has 0 radical (unpaired) electrons. The molecule has 0 saturated carbocycles. The lowest BCUT2D eigenvalue weighted by Crippen LogP contribution is -2.40. The molecule has 32 heavy (non-hydrogen) atoms. The first kappa shape index (κ1) is 21.2. The Bertz CT molecular complexity index is 1210. The monoisotopic (exact) mass is 434 g/mol. The van der Waals surface area contributed by atoms with Crippen LogP contribution >= 0.6 is 0 Å². The maximum absolute atomic E-state index is 13.5. The molecule has 2 aromatic carbocycles. The summed E-state index contributed by atoms with van der Waals surface area (Å²) in [6, 6.07) is 8.98. The molecule has 1 saturated heterocycles. The van der Waals surface area contributed by atoms with Crippen molar-refractivity contribution < 1.29 is 18.7 Å². The molecule has 4 N–H and O–H groups in total. The van der Waals surface area contributed by atoms with Crippen LogP contribution < -0.4 is 15.8 Å². The highest BCUT2D eigenvalue weighted by atomic mass is 19.1. The number of ether oxygens (including phenoxy) is 1. The first-order chi connectivity index (χ1) is 15.5. The van der Waals surface area contributed by atoms with Crippen LogP contribution in [0, 0.1) is 18.2 Å². The van der Waals surface area contributed by atoms with Crippen LogP contribution in [-0.4, -0.2) is 41.5 Å². The van der Waals surface area contributed by atoms with Crippen molar-refractivity contribution >= 4 is 28.5 Å². The smallest absolute Gasteiger partial charge is 0.321 e. The normalized spacial score (nSPS) is 14.2. The Hall–Kier alpha value is -3.99. The molecule has 0 spiro atoms. The van der Waals surface area contributed by atoms with E-state index in [0.29, 0.717) is 24.3 Å². The Balaban J connectivity index is 1.43. The fourth-order valence-electron chi connectivity index (χ4n) is 4.06. The second kappa shape index (κ2) is 9.02. The van der Waals surface area contributed by atoms with E-state index in [9.17, 15) is 14.0 Å². The number of nitrogens with two attached hydrogens (primary N) is 1. The summed E-state index contributed by atoms with van der Waals surface area (Å²) < 4.78 is 18.9. The zero-order valence-electron chi connectivity index (χ0n) is 17.4. The Labute approximate surface area is 184 Å². The van der Waals surface area contributed by atoms with Gasteiger partial charge in [-0.15, -0.1) is 6.42 Å². The van der Waals surface area contributed by atoms with Crippen LogP contribution in [0.25, 0.3) is 10.9 Å². The number of fused-ring (bicyclic) bond motifs is 1. The van der Waals surface area contributed by atoms with Gasteiger partial charge in [0.05, 0.1) is 5.69 Å². The van der Waals surface area contributed by atoms with Crippen molar-refractivity contribution in [1.29, 1.82) is 0 Å². The lowest BCUT2D eigenvalue weighted by atomic mass is 9.89. The van der Waals surface area contributed by atoms with E-state index in [-0.39, 0.29) is 24.3 Å². The van der Waals surface area contributed by atoms with Crippen LogP contribution in [0.4, 0.5) is 14.9 Å². The number of piperidine rings is 1. The number of likely N-dealkylation sites (tertiary alicyclic amines) is 1. The minimum atomic E-state index is -0.478. The lowest BCUT2D eigenvalue weighted by molar-refractivity contribution is 0.100. The number of aromatic nitrogens is 1. The SMILES string of the molecule is C#CCOc1cc(F)ccc1NC(=O)N1CCC(c2c[nH]c3ccc(C(N)=O)cc23)CC1. The van der Waals surface area contributed by atoms with Gasteiger partial charge < -0.3 is 25.7 Å². The number of amides is 3. The van der Waals surface area contributed by atoms with Gasteiger partial charge in [0.2, 0.25) is 5.91 Å². The van der Waals surface area contributed by atoms with E-state index < -0.39 is 11.7 Å². The van der Waals surface area contributed by atoms with Crippen molar-refractivity contribution in [3.8, 4) is 18.1 Å². The minimum absolute atomic E-state index is 0.0280. The molecule has 3 amide bonds. The second-order valence-electron chi connectivity index (χ2n) is 7.69. The lowest BCUT2D eigenvalue weighted by Gasteiger charge is -2.32. The number of hydrogen-bond donors (Lipinski definition) is 3. The number of urea groups is 1. The van der Waals surface area contributed by atoms with Crippen molar-refractivity contribution in [2.24, 2.45) is 5.73 Å². The van der Waals surface area contributed by atoms with Gasteiger partial charge in [-0.1, -0.05) is 5.92 Å². The summed E-state index contributed by atoms with van der Waals surface area (Å²) in [5.74, 6) is 1.82. The number of H-pyrrole nitrogens is 1. The highest BCUT2D eigenvalue weighted by Crippen LogP contribution is 2.34. The molecule has 7 nitrogen and oxygen atoms in total. The number of carbonyl (C=O) groups excluding carboxylic acids is 2. The van der Waals surface area contributed by atoms with E-state index in [4.69, 9.17) is 16.9 Å². The first-order valence-electron chi connectivity index (χ1n) is 10.3. The maximum atomic E-state index is 13.5. The van der Waals surface area contributed by atoms with E-state index in [2.05, 4.69) is 16.2 Å². The molecule has 1 aliphatic heterocycles. The molecule has 0 aliphatic carbocycles. The third-order valence-electron chi connectivity index (χ3n) is 5.72. The molecule has 3 aromatic rings. The van der Waals surface area contributed by atoms with Gasteiger partial charge in [0.15, 0.2) is 0 Å². The van der Waals surface area contributed by atoms with Gasteiger partial charge in [0, 0.05) is 41.8 Å². The number of nitrogens with zero attached hydrogens (tertiary/aromatic N) is 1. The van der Waals surface area contributed by atoms with Crippen molar-refractivity contribution in [2.75, 3.05) is 25.0 Å². The van der Waals surface area contributed by atoms with E-state index in [1.165, 1.54) is 18.2 Å².